The van der Waals surface area contributed by atoms with Gasteiger partial charge < -0.3 is 24.1 Å². The number of hydrogen-bond acceptors (Lipinski definition) is 8. The molecule has 4 rings (SSSR count). The van der Waals surface area contributed by atoms with E-state index in [9.17, 15) is 19.8 Å². The number of furan rings is 1. The summed E-state index contributed by atoms with van der Waals surface area (Å²) in [7, 11) is 1.55. The van der Waals surface area contributed by atoms with E-state index in [1.165, 1.54) is 12.1 Å². The van der Waals surface area contributed by atoms with Crippen molar-refractivity contribution in [1.29, 1.82) is 0 Å². The van der Waals surface area contributed by atoms with Crippen molar-refractivity contribution < 1.29 is 33.7 Å². The highest BCUT2D eigenvalue weighted by atomic mass is 32.2. The lowest BCUT2D eigenvalue weighted by molar-refractivity contribution is -0.296. The molecule has 1 aliphatic heterocycles. The summed E-state index contributed by atoms with van der Waals surface area (Å²) in [6, 6.07) is 16.6. The van der Waals surface area contributed by atoms with Gasteiger partial charge in [0, 0.05) is 10.5 Å². The zero-order chi connectivity index (χ0) is 24.9. The number of rotatable bonds is 7. The molecule has 1 N–H and O–H groups in total. The second-order valence-corrected chi connectivity index (χ2v) is 8.23. The molecule has 3 aromatic rings. The molecule has 9 heteroatoms. The predicted molar refractivity (Wildman–Crippen MR) is 130 cm³/mol. The Hall–Kier alpha value is -4.24. The third-order valence-electron chi connectivity index (χ3n) is 4.98. The quantitative estimate of drug-likeness (QED) is 0.475. The average Bonchev–Trinajstić information content (AvgIpc) is 3.44. The van der Waals surface area contributed by atoms with Crippen LogP contribution in [-0.4, -0.2) is 35.8 Å². The van der Waals surface area contributed by atoms with Gasteiger partial charge in [0.2, 0.25) is 0 Å². The molecule has 0 bridgehead atoms. The van der Waals surface area contributed by atoms with Crippen molar-refractivity contribution in [2.75, 3.05) is 13.7 Å². The minimum Gasteiger partial charge on any atom is -0.871 e. The van der Waals surface area contributed by atoms with Crippen LogP contribution in [-0.2, 0) is 9.53 Å². The number of esters is 1. The lowest BCUT2D eigenvalue weighted by Crippen LogP contribution is -2.16. The molecule has 2 aromatic carbocycles. The number of carboxylic acid groups (broad SMARTS) is 1. The molecule has 8 nitrogen and oxygen atoms in total. The number of hydrogen-bond donors (Lipinski definition) is 1. The molecule has 0 atom stereocenters. The minimum absolute atomic E-state index is 0.0965. The summed E-state index contributed by atoms with van der Waals surface area (Å²) >= 11 is 1.03. The van der Waals surface area contributed by atoms with Gasteiger partial charge in [-0.05, 0) is 55.5 Å². The fourth-order valence-electron chi connectivity index (χ4n) is 3.34. The Balaban J connectivity index is 1.70. The van der Waals surface area contributed by atoms with Crippen LogP contribution in [0.15, 0.2) is 86.3 Å². The highest BCUT2D eigenvalue weighted by molar-refractivity contribution is 8.18. The van der Waals surface area contributed by atoms with Gasteiger partial charge in [-0.15, -0.1) is 0 Å². The zero-order valence-corrected chi connectivity index (χ0v) is 19.6. The normalized spacial score (nSPS) is 15.6. The van der Waals surface area contributed by atoms with Gasteiger partial charge in [-0.25, -0.2) is 14.6 Å². The Bertz CT molecular complexity index is 1370. The monoisotopic (exact) mass is 490 g/mol. The Morgan fingerprint density at radius 3 is 2.54 bits per heavy atom. The first-order valence-corrected chi connectivity index (χ1v) is 11.4. The van der Waals surface area contributed by atoms with Crippen LogP contribution in [0, 0.1) is 0 Å². The van der Waals surface area contributed by atoms with Crippen molar-refractivity contribution in [1.82, 2.24) is 0 Å². The first kappa shape index (κ1) is 23.9. The number of carbonyl (C=O) groups is 2. The van der Waals surface area contributed by atoms with Crippen molar-refractivity contribution in [3.8, 4) is 17.1 Å². The standard InChI is InChI=1S/C26H21NO7S/c1-3-33-26(31)22-23(28)21(35-24(22)27-15-8-10-16(32-2)11-9-15)14-17-12-13-20(34-17)18-6-4-5-7-19(18)25(29)30/h4-14,28H,3H2,1-2H3,(H,29,30)/p-1/b21-14-,27-24?. The van der Waals surface area contributed by atoms with Gasteiger partial charge in [-0.3, -0.25) is 0 Å². The molecule has 178 valence electrons. The van der Waals surface area contributed by atoms with Crippen LogP contribution in [0.5, 0.6) is 5.75 Å². The number of carboxylic acids is 1. The molecular weight excluding hydrogens is 470 g/mol. The fourth-order valence-corrected chi connectivity index (χ4v) is 4.35. The molecule has 0 unspecified atom stereocenters. The lowest BCUT2D eigenvalue weighted by Gasteiger charge is -2.10. The highest BCUT2D eigenvalue weighted by Gasteiger charge is 2.28. The van der Waals surface area contributed by atoms with Gasteiger partial charge >= 0.3 is 11.9 Å². The third kappa shape index (κ3) is 5.15. The Kier molecular flexibility index (Phi) is 7.07. The molecule has 2 heterocycles. The molecule has 35 heavy (non-hydrogen) atoms. The third-order valence-corrected chi connectivity index (χ3v) is 5.99. The van der Waals surface area contributed by atoms with E-state index in [1.54, 1.807) is 68.6 Å². The lowest BCUT2D eigenvalue weighted by atomic mass is 10.1. The van der Waals surface area contributed by atoms with Crippen LogP contribution < -0.4 is 9.84 Å². The van der Waals surface area contributed by atoms with Crippen LogP contribution in [0.25, 0.3) is 17.4 Å². The van der Waals surface area contributed by atoms with E-state index in [4.69, 9.17) is 13.9 Å². The molecule has 0 saturated carbocycles. The first-order chi connectivity index (χ1) is 16.9. The number of benzene rings is 2. The maximum atomic E-state index is 13.1. The minimum atomic E-state index is -1.08. The smallest absolute Gasteiger partial charge is 0.340 e. The maximum Gasteiger partial charge on any atom is 0.340 e. The number of aliphatic imine (C=N–C) groups is 1. The molecule has 1 aromatic heterocycles. The van der Waals surface area contributed by atoms with Crippen LogP contribution in [0.3, 0.4) is 0 Å². The van der Waals surface area contributed by atoms with E-state index >= 15 is 0 Å². The Labute approximate surface area is 205 Å². The number of nitrogens with zero attached hydrogens (tertiary/aromatic N) is 1. The summed E-state index contributed by atoms with van der Waals surface area (Å²) < 4.78 is 16.0. The Morgan fingerprint density at radius 1 is 1.11 bits per heavy atom. The summed E-state index contributed by atoms with van der Waals surface area (Å²) in [4.78, 5) is 28.8. The van der Waals surface area contributed by atoms with E-state index in [1.807, 2.05) is 0 Å². The molecular formula is C26H20NO7S-. The van der Waals surface area contributed by atoms with E-state index in [2.05, 4.69) is 4.99 Å². The number of thioether (sulfide) groups is 1. The SMILES string of the molecule is CCOC(=O)C1=C([O-])/C(=C/c2ccc(-c3ccccc3C(=O)O)o2)SC1=Nc1ccc(OC)cc1. The van der Waals surface area contributed by atoms with Crippen LogP contribution in [0.2, 0.25) is 0 Å². The maximum absolute atomic E-state index is 13.1. The second kappa shape index (κ2) is 10.4. The van der Waals surface area contributed by atoms with Crippen LogP contribution in [0.4, 0.5) is 5.69 Å². The molecule has 0 amide bonds. The molecule has 0 radical (unpaired) electrons. The number of ether oxygens (including phenoxy) is 2. The van der Waals surface area contributed by atoms with E-state index in [-0.39, 0.29) is 27.7 Å². The van der Waals surface area contributed by atoms with Crippen molar-refractivity contribution in [3.05, 3.63) is 88.2 Å². The number of carbonyl (C=O) groups excluding carboxylic acids is 1. The van der Waals surface area contributed by atoms with Crippen molar-refractivity contribution in [2.24, 2.45) is 4.99 Å². The highest BCUT2D eigenvalue weighted by Crippen LogP contribution is 2.39. The summed E-state index contributed by atoms with van der Waals surface area (Å²) in [5, 5.41) is 22.8. The second-order valence-electron chi connectivity index (χ2n) is 7.20. The van der Waals surface area contributed by atoms with Gasteiger partial charge in [0.05, 0.1) is 30.5 Å². The van der Waals surface area contributed by atoms with Crippen molar-refractivity contribution >= 4 is 40.5 Å². The van der Waals surface area contributed by atoms with Crippen molar-refractivity contribution in [2.45, 2.75) is 6.92 Å². The average molecular weight is 491 g/mol. The fraction of sp³-hybridized carbons (Fsp3) is 0.115. The number of aromatic carboxylic acids is 1. The van der Waals surface area contributed by atoms with Gasteiger partial charge in [0.1, 0.15) is 22.3 Å². The van der Waals surface area contributed by atoms with Crippen LogP contribution in [0.1, 0.15) is 23.0 Å². The predicted octanol–water partition coefficient (Wildman–Crippen LogP) is 4.65. The van der Waals surface area contributed by atoms with E-state index in [0.29, 0.717) is 28.5 Å². The zero-order valence-electron chi connectivity index (χ0n) is 18.8. The summed E-state index contributed by atoms with van der Waals surface area (Å²) in [6.45, 7) is 1.76. The van der Waals surface area contributed by atoms with Gasteiger partial charge in [-0.2, -0.15) is 0 Å². The van der Waals surface area contributed by atoms with E-state index in [0.717, 1.165) is 11.8 Å². The summed E-state index contributed by atoms with van der Waals surface area (Å²) in [5.41, 5.74) is 0.895. The van der Waals surface area contributed by atoms with Gasteiger partial charge in [0.15, 0.2) is 0 Å². The molecule has 0 aliphatic carbocycles. The molecule has 0 spiro atoms. The first-order valence-electron chi connectivity index (χ1n) is 10.5. The summed E-state index contributed by atoms with van der Waals surface area (Å²) in [5.74, 6) is -1.04. The van der Waals surface area contributed by atoms with Crippen molar-refractivity contribution in [3.63, 3.8) is 0 Å². The summed E-state index contributed by atoms with van der Waals surface area (Å²) in [6.07, 6.45) is 1.50. The van der Waals surface area contributed by atoms with Gasteiger partial charge in [0.25, 0.3) is 0 Å². The molecule has 0 saturated heterocycles. The number of methoxy groups -OCH3 is 1. The largest absolute Gasteiger partial charge is 0.871 e. The molecule has 1 aliphatic rings. The topological polar surface area (TPSA) is 121 Å². The van der Waals surface area contributed by atoms with Crippen LogP contribution >= 0.6 is 11.8 Å². The Morgan fingerprint density at radius 2 is 1.86 bits per heavy atom. The molecule has 0 fully saturated rings. The van der Waals surface area contributed by atoms with Gasteiger partial charge in [-0.1, -0.05) is 35.7 Å². The van der Waals surface area contributed by atoms with E-state index < -0.39 is 17.7 Å².